The zero-order chi connectivity index (χ0) is 22.3. The molecule has 2 amide bonds. The fourth-order valence-electron chi connectivity index (χ4n) is 3.89. The molecule has 0 aromatic heterocycles. The van der Waals surface area contributed by atoms with Crippen LogP contribution in [0.25, 0.3) is 10.8 Å². The Hall–Kier alpha value is -3.87. The first-order valence-corrected chi connectivity index (χ1v) is 10.5. The normalized spacial score (nSPS) is 16.8. The summed E-state index contributed by atoms with van der Waals surface area (Å²) in [5.41, 5.74) is 1.66. The van der Waals surface area contributed by atoms with Crippen molar-refractivity contribution < 1.29 is 19.2 Å². The summed E-state index contributed by atoms with van der Waals surface area (Å²) in [7, 11) is 1.45. The lowest BCUT2D eigenvalue weighted by Crippen LogP contribution is -2.47. The summed E-state index contributed by atoms with van der Waals surface area (Å²) in [4.78, 5) is 32.3. The van der Waals surface area contributed by atoms with Gasteiger partial charge < -0.3 is 19.8 Å². The maximum absolute atomic E-state index is 13.1. The van der Waals surface area contributed by atoms with Crippen molar-refractivity contribution in [1.82, 2.24) is 10.2 Å². The Bertz CT molecular complexity index is 1120. The van der Waals surface area contributed by atoms with Gasteiger partial charge in [-0.2, -0.15) is 0 Å². The number of hydrogen-bond acceptors (Lipinski definition) is 5. The highest BCUT2D eigenvalue weighted by Crippen LogP contribution is 2.20. The van der Waals surface area contributed by atoms with Gasteiger partial charge in [0.1, 0.15) is 18.9 Å². The highest BCUT2D eigenvalue weighted by molar-refractivity contribution is 6.01. The van der Waals surface area contributed by atoms with Crippen LogP contribution in [0.15, 0.2) is 78.0 Å². The molecule has 1 atom stereocenters. The second-order valence-electron chi connectivity index (χ2n) is 7.54. The highest BCUT2D eigenvalue weighted by Gasteiger charge is 2.38. The highest BCUT2D eigenvalue weighted by atomic mass is 16.6. The van der Waals surface area contributed by atoms with Crippen LogP contribution >= 0.6 is 0 Å². The second kappa shape index (κ2) is 9.96. The van der Waals surface area contributed by atoms with E-state index in [1.54, 1.807) is 12.1 Å². The topological polar surface area (TPSA) is 80.2 Å². The number of hydrogen-bond donors (Lipinski definition) is 1. The molecule has 7 heteroatoms. The van der Waals surface area contributed by atoms with E-state index >= 15 is 0 Å². The number of amides is 2. The molecule has 0 saturated carbocycles. The molecule has 7 nitrogen and oxygen atoms in total. The summed E-state index contributed by atoms with van der Waals surface area (Å²) in [6.45, 7) is 0.449. The summed E-state index contributed by atoms with van der Waals surface area (Å²) in [6, 6.07) is 22.5. The number of para-hydroxylation sites is 1. The smallest absolute Gasteiger partial charge is 0.261 e. The van der Waals surface area contributed by atoms with E-state index in [-0.39, 0.29) is 25.0 Å². The van der Waals surface area contributed by atoms with Crippen molar-refractivity contribution in [2.45, 2.75) is 19.0 Å². The molecule has 0 radical (unpaired) electrons. The average molecular weight is 431 g/mol. The van der Waals surface area contributed by atoms with Gasteiger partial charge in [-0.3, -0.25) is 9.59 Å². The van der Waals surface area contributed by atoms with Crippen LogP contribution in [-0.2, 0) is 21.0 Å². The summed E-state index contributed by atoms with van der Waals surface area (Å²) >= 11 is 0. The van der Waals surface area contributed by atoms with Crippen LogP contribution < -0.4 is 10.1 Å². The van der Waals surface area contributed by atoms with E-state index in [0.717, 1.165) is 16.3 Å². The van der Waals surface area contributed by atoms with E-state index < -0.39 is 6.04 Å². The van der Waals surface area contributed by atoms with Crippen molar-refractivity contribution in [3.05, 3.63) is 78.4 Å². The molecule has 4 rings (SSSR count). The number of fused-ring (bicyclic) bond motifs is 1. The first kappa shape index (κ1) is 21.4. The quantitative estimate of drug-likeness (QED) is 0.583. The molecule has 164 valence electrons. The van der Waals surface area contributed by atoms with Gasteiger partial charge >= 0.3 is 0 Å². The van der Waals surface area contributed by atoms with Gasteiger partial charge in [0.25, 0.3) is 5.91 Å². The Morgan fingerprint density at radius 1 is 1.03 bits per heavy atom. The Morgan fingerprint density at radius 2 is 1.78 bits per heavy atom. The zero-order valence-electron chi connectivity index (χ0n) is 17.9. The molecule has 3 aromatic carbocycles. The molecule has 1 heterocycles. The van der Waals surface area contributed by atoms with E-state index in [2.05, 4.69) is 10.5 Å². The maximum atomic E-state index is 13.1. The summed E-state index contributed by atoms with van der Waals surface area (Å²) < 4.78 is 5.59. The van der Waals surface area contributed by atoms with Crippen LogP contribution in [0.1, 0.15) is 12.0 Å². The van der Waals surface area contributed by atoms with Crippen LogP contribution in [0.2, 0.25) is 0 Å². The van der Waals surface area contributed by atoms with E-state index in [1.807, 2.05) is 60.7 Å². The lowest BCUT2D eigenvalue weighted by atomic mass is 10.0. The van der Waals surface area contributed by atoms with Gasteiger partial charge in [-0.15, -0.1) is 0 Å². The van der Waals surface area contributed by atoms with Crippen LogP contribution in [0.3, 0.4) is 0 Å². The van der Waals surface area contributed by atoms with Crippen molar-refractivity contribution in [3.8, 4) is 5.75 Å². The molecule has 0 aliphatic carbocycles. The van der Waals surface area contributed by atoms with Crippen molar-refractivity contribution in [1.29, 1.82) is 0 Å². The predicted octanol–water partition coefficient (Wildman–Crippen LogP) is 3.14. The lowest BCUT2D eigenvalue weighted by molar-refractivity contribution is -0.139. The van der Waals surface area contributed by atoms with Crippen LogP contribution in [0, 0.1) is 0 Å². The second-order valence-corrected chi connectivity index (χ2v) is 7.54. The Balaban J connectivity index is 1.44. The number of benzene rings is 3. The third-order valence-electron chi connectivity index (χ3n) is 5.44. The van der Waals surface area contributed by atoms with Crippen LogP contribution in [-0.4, -0.2) is 48.7 Å². The van der Waals surface area contributed by atoms with Gasteiger partial charge in [0.15, 0.2) is 6.61 Å². The standard InChI is InChI=1S/C25H25N3O4/c1-31-27-20-14-23(28(16-20)24(29)17-32-21-11-3-2-4-12-21)25(30)26-15-19-10-7-9-18-8-5-6-13-22(18)19/h2-13,23H,14-17H2,1H3,(H,26,30)/b27-20-/t23-/m0/s1. The first-order chi connectivity index (χ1) is 15.7. The molecule has 0 unspecified atom stereocenters. The van der Waals surface area contributed by atoms with E-state index in [9.17, 15) is 9.59 Å². The molecule has 1 fully saturated rings. The minimum Gasteiger partial charge on any atom is -0.484 e. The molecule has 1 aliphatic rings. The summed E-state index contributed by atoms with van der Waals surface area (Å²) in [5, 5.41) is 9.16. The van der Waals surface area contributed by atoms with Crippen molar-refractivity contribution in [2.24, 2.45) is 5.16 Å². The van der Waals surface area contributed by atoms with Gasteiger partial charge in [0.05, 0.1) is 12.3 Å². The molecule has 0 spiro atoms. The summed E-state index contributed by atoms with van der Waals surface area (Å²) in [5.74, 6) is 0.0931. The fourth-order valence-corrected chi connectivity index (χ4v) is 3.89. The Kier molecular flexibility index (Phi) is 6.65. The molecule has 0 bridgehead atoms. The van der Waals surface area contributed by atoms with E-state index in [1.165, 1.54) is 12.0 Å². The molecule has 1 saturated heterocycles. The molecule has 1 N–H and O–H groups in total. The van der Waals surface area contributed by atoms with Crippen molar-refractivity contribution in [2.75, 3.05) is 20.3 Å². The zero-order valence-corrected chi connectivity index (χ0v) is 17.9. The van der Waals surface area contributed by atoms with E-state index in [0.29, 0.717) is 24.4 Å². The maximum Gasteiger partial charge on any atom is 0.261 e. The molecular weight excluding hydrogens is 406 g/mol. The average Bonchev–Trinajstić information content (AvgIpc) is 3.26. The number of oxime groups is 1. The number of nitrogens with zero attached hydrogens (tertiary/aromatic N) is 2. The number of nitrogens with one attached hydrogen (secondary N) is 1. The van der Waals surface area contributed by atoms with Gasteiger partial charge in [-0.25, -0.2) is 0 Å². The third-order valence-corrected chi connectivity index (χ3v) is 5.44. The van der Waals surface area contributed by atoms with Crippen LogP contribution in [0.5, 0.6) is 5.75 Å². The van der Waals surface area contributed by atoms with Gasteiger partial charge in [-0.05, 0) is 28.5 Å². The third kappa shape index (κ3) is 4.88. The van der Waals surface area contributed by atoms with Crippen molar-refractivity contribution >= 4 is 28.3 Å². The fraction of sp³-hybridized carbons (Fsp3) is 0.240. The number of carbonyl (C=O) groups excluding carboxylic acids is 2. The van der Waals surface area contributed by atoms with Gasteiger partial charge in [0, 0.05) is 13.0 Å². The summed E-state index contributed by atoms with van der Waals surface area (Å²) in [6.07, 6.45) is 0.326. The molecular formula is C25H25N3O4. The lowest BCUT2D eigenvalue weighted by Gasteiger charge is -2.23. The SMILES string of the molecule is CO/N=C1/C[C@@H](C(=O)NCc2cccc3ccccc23)N(C(=O)COc2ccccc2)C1. The largest absolute Gasteiger partial charge is 0.484 e. The number of rotatable bonds is 7. The molecule has 32 heavy (non-hydrogen) atoms. The number of ether oxygens (including phenoxy) is 1. The molecule has 3 aromatic rings. The minimum absolute atomic E-state index is 0.155. The predicted molar refractivity (Wildman–Crippen MR) is 122 cm³/mol. The van der Waals surface area contributed by atoms with Crippen LogP contribution in [0.4, 0.5) is 0 Å². The van der Waals surface area contributed by atoms with Gasteiger partial charge in [-0.1, -0.05) is 65.8 Å². The first-order valence-electron chi connectivity index (χ1n) is 10.5. The monoisotopic (exact) mass is 431 g/mol. The minimum atomic E-state index is -0.661. The van der Waals surface area contributed by atoms with Gasteiger partial charge in [0.2, 0.25) is 5.91 Å². The van der Waals surface area contributed by atoms with Crippen molar-refractivity contribution in [3.63, 3.8) is 0 Å². The van der Waals surface area contributed by atoms with E-state index in [4.69, 9.17) is 9.57 Å². The Labute approximate surface area is 186 Å². The molecule has 1 aliphatic heterocycles. The Morgan fingerprint density at radius 3 is 2.59 bits per heavy atom. The number of likely N-dealkylation sites (tertiary alicyclic amines) is 1. The number of carbonyl (C=O) groups is 2.